The Kier molecular flexibility index (Phi) is 4.40. The van der Waals surface area contributed by atoms with Crippen LogP contribution in [0.1, 0.15) is 78.6 Å². The summed E-state index contributed by atoms with van der Waals surface area (Å²) in [4.78, 5) is 0. The molecule has 25 heavy (non-hydrogen) atoms. The molecule has 0 unspecified atom stereocenters. The summed E-state index contributed by atoms with van der Waals surface area (Å²) in [5.41, 5.74) is 2.12. The monoisotopic (exact) mass is 346 g/mol. The summed E-state index contributed by atoms with van der Waals surface area (Å²) in [6.45, 7) is 7.92. The smallest absolute Gasteiger partial charge is 0.0883 e. The maximum Gasteiger partial charge on any atom is 0.0883 e. The van der Waals surface area contributed by atoms with Crippen molar-refractivity contribution >= 4 is 0 Å². The number of aliphatic hydroxyl groups is 1. The standard InChI is InChI=1S/C23H38O2/c1-5-16-7-9-19-18-8-6-17-14-23(24,15-25-4)13-12-22(17,3)20(18)10-11-21(16,19)2/h5,17-20,24H,6-15H2,1-4H3/b16-5-/t17-,18-,19-,20-,21+,22-,23+/m0/s1. The molecule has 4 fully saturated rings. The van der Waals surface area contributed by atoms with Crippen LogP contribution in [0.3, 0.4) is 0 Å². The Balaban J connectivity index is 1.58. The van der Waals surface area contributed by atoms with Crippen molar-refractivity contribution in [3.05, 3.63) is 11.6 Å². The van der Waals surface area contributed by atoms with Gasteiger partial charge in [-0.05, 0) is 99.2 Å². The second-order valence-electron chi connectivity index (χ2n) is 10.3. The molecule has 7 atom stereocenters. The Morgan fingerprint density at radius 3 is 2.60 bits per heavy atom. The minimum atomic E-state index is -0.569. The average molecular weight is 347 g/mol. The van der Waals surface area contributed by atoms with Gasteiger partial charge in [0.1, 0.15) is 0 Å². The topological polar surface area (TPSA) is 29.5 Å². The van der Waals surface area contributed by atoms with Gasteiger partial charge in [0.25, 0.3) is 0 Å². The van der Waals surface area contributed by atoms with E-state index in [2.05, 4.69) is 26.8 Å². The summed E-state index contributed by atoms with van der Waals surface area (Å²) in [5, 5.41) is 10.9. The number of hydrogen-bond donors (Lipinski definition) is 1. The van der Waals surface area contributed by atoms with Crippen molar-refractivity contribution in [1.82, 2.24) is 0 Å². The lowest BCUT2D eigenvalue weighted by molar-refractivity contribution is -0.157. The second kappa shape index (κ2) is 6.09. The van der Waals surface area contributed by atoms with E-state index in [9.17, 15) is 5.11 Å². The molecular formula is C23H38O2. The molecule has 0 spiro atoms. The second-order valence-corrected chi connectivity index (χ2v) is 10.3. The highest BCUT2D eigenvalue weighted by molar-refractivity contribution is 5.23. The lowest BCUT2D eigenvalue weighted by Gasteiger charge is -2.61. The quantitative estimate of drug-likeness (QED) is 0.683. The lowest BCUT2D eigenvalue weighted by Crippen LogP contribution is -2.56. The van der Waals surface area contributed by atoms with Gasteiger partial charge in [-0.1, -0.05) is 25.5 Å². The zero-order valence-corrected chi connectivity index (χ0v) is 16.8. The molecule has 0 bridgehead atoms. The molecule has 4 aliphatic rings. The summed E-state index contributed by atoms with van der Waals surface area (Å²) in [5.74, 6) is 3.41. The lowest BCUT2D eigenvalue weighted by atomic mass is 9.44. The molecule has 0 aromatic rings. The molecule has 0 aliphatic heterocycles. The fourth-order valence-corrected chi connectivity index (χ4v) is 8.04. The predicted octanol–water partition coefficient (Wildman–Crippen LogP) is 5.35. The van der Waals surface area contributed by atoms with Crippen LogP contribution in [0.15, 0.2) is 11.6 Å². The van der Waals surface area contributed by atoms with E-state index in [4.69, 9.17) is 4.74 Å². The fraction of sp³-hybridized carbons (Fsp3) is 0.913. The van der Waals surface area contributed by atoms with Gasteiger partial charge >= 0.3 is 0 Å². The van der Waals surface area contributed by atoms with Gasteiger partial charge in [-0.2, -0.15) is 0 Å². The van der Waals surface area contributed by atoms with E-state index in [-0.39, 0.29) is 0 Å². The van der Waals surface area contributed by atoms with E-state index in [1.807, 2.05) is 0 Å². The maximum atomic E-state index is 10.9. The number of fused-ring (bicyclic) bond motifs is 5. The first-order valence-corrected chi connectivity index (χ1v) is 10.7. The molecule has 1 N–H and O–H groups in total. The average Bonchev–Trinajstić information content (AvgIpc) is 2.92. The van der Waals surface area contributed by atoms with Gasteiger partial charge in [0.15, 0.2) is 0 Å². The summed E-state index contributed by atoms with van der Waals surface area (Å²) in [6.07, 6.45) is 13.8. The number of hydrogen-bond acceptors (Lipinski definition) is 2. The molecule has 0 radical (unpaired) electrons. The van der Waals surface area contributed by atoms with Gasteiger partial charge in [-0.15, -0.1) is 0 Å². The zero-order valence-electron chi connectivity index (χ0n) is 16.8. The van der Waals surface area contributed by atoms with Gasteiger partial charge in [-0.25, -0.2) is 0 Å². The van der Waals surface area contributed by atoms with Crippen molar-refractivity contribution in [1.29, 1.82) is 0 Å². The zero-order chi connectivity index (χ0) is 17.9. The van der Waals surface area contributed by atoms with Crippen LogP contribution in [0.25, 0.3) is 0 Å². The summed E-state index contributed by atoms with van der Waals surface area (Å²) in [6, 6.07) is 0. The SMILES string of the molecule is C/C=C1/CC[C@H]2[C@@H]3CC[C@H]4C[C@@](O)(COC)CC[C@]4(C)[C@H]3CC[C@]12C. The van der Waals surface area contributed by atoms with E-state index in [1.165, 1.54) is 44.9 Å². The van der Waals surface area contributed by atoms with Crippen LogP contribution in [-0.4, -0.2) is 24.4 Å². The number of ether oxygens (including phenoxy) is 1. The molecule has 4 aliphatic carbocycles. The third-order valence-corrected chi connectivity index (χ3v) is 9.43. The van der Waals surface area contributed by atoms with E-state index in [0.717, 1.165) is 30.6 Å². The van der Waals surface area contributed by atoms with Gasteiger partial charge in [0.05, 0.1) is 12.2 Å². The van der Waals surface area contributed by atoms with Crippen LogP contribution in [0.2, 0.25) is 0 Å². The van der Waals surface area contributed by atoms with Crippen molar-refractivity contribution in [3.63, 3.8) is 0 Å². The Morgan fingerprint density at radius 2 is 1.88 bits per heavy atom. The van der Waals surface area contributed by atoms with E-state index in [0.29, 0.717) is 23.4 Å². The summed E-state index contributed by atoms with van der Waals surface area (Å²) < 4.78 is 5.34. The Hall–Kier alpha value is -0.340. The van der Waals surface area contributed by atoms with Crippen LogP contribution in [0.4, 0.5) is 0 Å². The van der Waals surface area contributed by atoms with Crippen LogP contribution in [-0.2, 0) is 4.74 Å². The molecule has 0 aromatic carbocycles. The molecular weight excluding hydrogens is 308 g/mol. The number of allylic oxidation sites excluding steroid dienone is 2. The van der Waals surface area contributed by atoms with Crippen molar-refractivity contribution in [2.45, 2.75) is 84.2 Å². The van der Waals surface area contributed by atoms with Crippen molar-refractivity contribution in [3.8, 4) is 0 Å². The molecule has 4 rings (SSSR count). The van der Waals surface area contributed by atoms with E-state index >= 15 is 0 Å². The molecule has 142 valence electrons. The molecule has 0 aromatic heterocycles. The van der Waals surface area contributed by atoms with Gasteiger partial charge < -0.3 is 9.84 Å². The highest BCUT2D eigenvalue weighted by atomic mass is 16.5. The van der Waals surface area contributed by atoms with Crippen LogP contribution < -0.4 is 0 Å². The van der Waals surface area contributed by atoms with Crippen molar-refractivity contribution < 1.29 is 9.84 Å². The molecule has 0 saturated heterocycles. The van der Waals surface area contributed by atoms with Gasteiger partial charge in [0, 0.05) is 7.11 Å². The third-order valence-electron chi connectivity index (χ3n) is 9.43. The first-order chi connectivity index (χ1) is 11.9. The Bertz CT molecular complexity index is 554. The third kappa shape index (κ3) is 2.57. The maximum absolute atomic E-state index is 10.9. The Morgan fingerprint density at radius 1 is 1.08 bits per heavy atom. The van der Waals surface area contributed by atoms with Crippen LogP contribution in [0, 0.1) is 34.5 Å². The van der Waals surface area contributed by atoms with Crippen molar-refractivity contribution in [2.75, 3.05) is 13.7 Å². The summed E-state index contributed by atoms with van der Waals surface area (Å²) in [7, 11) is 1.73. The number of methoxy groups -OCH3 is 1. The minimum Gasteiger partial charge on any atom is -0.387 e. The molecule has 2 nitrogen and oxygen atoms in total. The molecule has 2 heteroatoms. The molecule has 0 amide bonds. The first-order valence-electron chi connectivity index (χ1n) is 10.7. The van der Waals surface area contributed by atoms with Crippen LogP contribution in [0.5, 0.6) is 0 Å². The minimum absolute atomic E-state index is 0.447. The fourth-order valence-electron chi connectivity index (χ4n) is 8.04. The normalized spacial score (nSPS) is 54.0. The van der Waals surface area contributed by atoms with Crippen molar-refractivity contribution in [2.24, 2.45) is 34.5 Å². The summed E-state index contributed by atoms with van der Waals surface area (Å²) >= 11 is 0. The van der Waals surface area contributed by atoms with E-state index in [1.54, 1.807) is 12.7 Å². The van der Waals surface area contributed by atoms with Crippen LogP contribution >= 0.6 is 0 Å². The molecule has 4 saturated carbocycles. The van der Waals surface area contributed by atoms with Gasteiger partial charge in [0.2, 0.25) is 0 Å². The predicted molar refractivity (Wildman–Crippen MR) is 102 cm³/mol. The van der Waals surface area contributed by atoms with E-state index < -0.39 is 5.60 Å². The largest absolute Gasteiger partial charge is 0.387 e. The molecule has 0 heterocycles. The Labute approximate surface area is 154 Å². The van der Waals surface area contributed by atoms with Gasteiger partial charge in [-0.3, -0.25) is 0 Å². The first kappa shape index (κ1) is 18.0. The number of rotatable bonds is 2. The highest BCUT2D eigenvalue weighted by Crippen LogP contribution is 2.67. The highest BCUT2D eigenvalue weighted by Gasteiger charge is 2.60.